The Kier molecular flexibility index (Phi) is 3.61. The molecule has 0 unspecified atom stereocenters. The number of rotatable bonds is 4. The van der Waals surface area contributed by atoms with Crippen LogP contribution in [0.25, 0.3) is 0 Å². The molecular formula is C11H9ClN2O2S. The highest BCUT2D eigenvalue weighted by molar-refractivity contribution is 7.15. The van der Waals surface area contributed by atoms with Crippen LogP contribution < -0.4 is 5.32 Å². The number of carboxylic acid groups (broad SMARTS) is 1. The van der Waals surface area contributed by atoms with E-state index in [1.54, 1.807) is 24.4 Å². The van der Waals surface area contributed by atoms with Crippen molar-refractivity contribution in [3.63, 3.8) is 0 Å². The molecule has 2 aromatic rings. The van der Waals surface area contributed by atoms with Crippen LogP contribution in [0.5, 0.6) is 0 Å². The van der Waals surface area contributed by atoms with Crippen molar-refractivity contribution in [3.05, 3.63) is 45.4 Å². The summed E-state index contributed by atoms with van der Waals surface area (Å²) in [6.07, 6.45) is 1.70. The summed E-state index contributed by atoms with van der Waals surface area (Å²) in [6, 6.07) is 6.66. The smallest absolute Gasteiger partial charge is 0.335 e. The van der Waals surface area contributed by atoms with Gasteiger partial charge in [-0.3, -0.25) is 0 Å². The fourth-order valence-electron chi connectivity index (χ4n) is 1.32. The van der Waals surface area contributed by atoms with Crippen LogP contribution in [0.15, 0.2) is 30.5 Å². The molecule has 1 heterocycles. The molecule has 0 atom stereocenters. The number of aromatic nitrogens is 1. The molecule has 0 aliphatic rings. The van der Waals surface area contributed by atoms with Gasteiger partial charge in [-0.1, -0.05) is 17.7 Å². The summed E-state index contributed by atoms with van der Waals surface area (Å²) in [7, 11) is 0. The first-order valence-corrected chi connectivity index (χ1v) is 6.02. The maximum absolute atomic E-state index is 10.8. The molecule has 1 aromatic carbocycles. The number of anilines is 1. The monoisotopic (exact) mass is 268 g/mol. The van der Waals surface area contributed by atoms with E-state index in [1.165, 1.54) is 11.3 Å². The van der Waals surface area contributed by atoms with E-state index in [0.717, 1.165) is 10.6 Å². The van der Waals surface area contributed by atoms with Crippen LogP contribution in [0.3, 0.4) is 0 Å². The number of carboxylic acids is 1. The molecule has 0 saturated heterocycles. The molecule has 0 aliphatic heterocycles. The van der Waals surface area contributed by atoms with Crippen LogP contribution >= 0.6 is 22.9 Å². The summed E-state index contributed by atoms with van der Waals surface area (Å²) < 4.78 is 0.501. The second-order valence-electron chi connectivity index (χ2n) is 3.32. The molecule has 0 amide bonds. The van der Waals surface area contributed by atoms with Gasteiger partial charge in [0.1, 0.15) is 0 Å². The first kappa shape index (κ1) is 11.9. The summed E-state index contributed by atoms with van der Waals surface area (Å²) in [4.78, 5) is 15.7. The van der Waals surface area contributed by atoms with E-state index >= 15 is 0 Å². The summed E-state index contributed by atoms with van der Waals surface area (Å²) in [5.41, 5.74) is 1.02. The molecule has 0 saturated carbocycles. The number of carbonyl (C=O) groups is 1. The Morgan fingerprint density at radius 1 is 1.53 bits per heavy atom. The Labute approximate surface area is 107 Å². The molecule has 2 rings (SSSR count). The minimum Gasteiger partial charge on any atom is -0.478 e. The van der Waals surface area contributed by atoms with Crippen LogP contribution in [0.1, 0.15) is 15.2 Å². The van der Waals surface area contributed by atoms with Crippen LogP contribution in [0, 0.1) is 0 Å². The zero-order valence-electron chi connectivity index (χ0n) is 8.68. The van der Waals surface area contributed by atoms with Gasteiger partial charge in [-0.25, -0.2) is 9.78 Å². The molecular weight excluding hydrogens is 260 g/mol. The number of nitrogens with one attached hydrogen (secondary N) is 1. The Morgan fingerprint density at radius 2 is 2.35 bits per heavy atom. The highest BCUT2D eigenvalue weighted by atomic mass is 35.5. The van der Waals surface area contributed by atoms with Crippen LogP contribution in [-0.2, 0) is 6.54 Å². The molecule has 0 radical (unpaired) electrons. The fraction of sp³-hybridized carbons (Fsp3) is 0.0909. The molecule has 4 nitrogen and oxygen atoms in total. The fourth-order valence-corrected chi connectivity index (χ4v) is 2.23. The minimum absolute atomic E-state index is 0.261. The van der Waals surface area contributed by atoms with Crippen molar-refractivity contribution < 1.29 is 9.90 Å². The second-order valence-corrected chi connectivity index (χ2v) is 5.02. The maximum Gasteiger partial charge on any atom is 0.335 e. The molecule has 17 heavy (non-hydrogen) atoms. The van der Waals surface area contributed by atoms with E-state index in [0.29, 0.717) is 11.0 Å². The lowest BCUT2D eigenvalue weighted by Gasteiger charge is -2.04. The van der Waals surface area contributed by atoms with Crippen LogP contribution in [0.2, 0.25) is 4.47 Å². The molecule has 0 spiro atoms. The van der Waals surface area contributed by atoms with Crippen molar-refractivity contribution in [2.75, 3.05) is 5.32 Å². The second kappa shape index (κ2) is 5.16. The summed E-state index contributed by atoms with van der Waals surface area (Å²) in [5, 5.41) is 12.0. The third kappa shape index (κ3) is 3.18. The molecule has 0 aliphatic carbocycles. The van der Waals surface area contributed by atoms with Gasteiger partial charge in [0.25, 0.3) is 0 Å². The number of hydrogen-bond donors (Lipinski definition) is 2. The normalized spacial score (nSPS) is 10.2. The Bertz CT molecular complexity index is 542. The quantitative estimate of drug-likeness (QED) is 0.894. The van der Waals surface area contributed by atoms with Gasteiger partial charge in [-0.2, -0.15) is 0 Å². The third-order valence-corrected chi connectivity index (χ3v) is 3.22. The predicted octanol–water partition coefficient (Wildman–Crippen LogP) is 3.11. The predicted molar refractivity (Wildman–Crippen MR) is 67.9 cm³/mol. The number of nitrogens with zero attached hydrogens (tertiary/aromatic N) is 1. The molecule has 6 heteroatoms. The number of benzene rings is 1. The number of hydrogen-bond acceptors (Lipinski definition) is 4. The van der Waals surface area contributed by atoms with E-state index in [9.17, 15) is 4.79 Å². The lowest BCUT2D eigenvalue weighted by molar-refractivity contribution is 0.0697. The van der Waals surface area contributed by atoms with E-state index in [1.807, 2.05) is 6.07 Å². The largest absolute Gasteiger partial charge is 0.478 e. The van der Waals surface area contributed by atoms with E-state index < -0.39 is 5.97 Å². The van der Waals surface area contributed by atoms with Gasteiger partial charge in [0.05, 0.1) is 12.1 Å². The Hall–Kier alpha value is -1.59. The van der Waals surface area contributed by atoms with Gasteiger partial charge in [-0.05, 0) is 18.2 Å². The van der Waals surface area contributed by atoms with E-state index in [-0.39, 0.29) is 5.56 Å². The lowest BCUT2D eigenvalue weighted by atomic mass is 10.2. The first-order valence-electron chi connectivity index (χ1n) is 4.82. The standard InChI is InChI=1S/C11H9ClN2O2S/c12-11-14-6-9(17-11)5-13-8-3-1-2-7(4-8)10(15)16/h1-4,6,13H,5H2,(H,15,16). The Balaban J connectivity index is 2.04. The van der Waals surface area contributed by atoms with Crippen molar-refractivity contribution >= 4 is 34.6 Å². The van der Waals surface area contributed by atoms with Gasteiger partial charge in [0.2, 0.25) is 0 Å². The topological polar surface area (TPSA) is 62.2 Å². The Morgan fingerprint density at radius 3 is 3.00 bits per heavy atom. The number of thiazole rings is 1. The molecule has 0 fully saturated rings. The van der Waals surface area contributed by atoms with Gasteiger partial charge in [0, 0.05) is 16.8 Å². The minimum atomic E-state index is -0.936. The molecule has 1 aromatic heterocycles. The van der Waals surface area contributed by atoms with Gasteiger partial charge >= 0.3 is 5.97 Å². The maximum atomic E-state index is 10.8. The SMILES string of the molecule is O=C(O)c1cccc(NCc2cnc(Cl)s2)c1. The summed E-state index contributed by atoms with van der Waals surface area (Å²) in [5.74, 6) is -0.936. The van der Waals surface area contributed by atoms with Crippen molar-refractivity contribution in [1.29, 1.82) is 0 Å². The molecule has 0 bridgehead atoms. The first-order chi connectivity index (χ1) is 8.15. The zero-order chi connectivity index (χ0) is 12.3. The van der Waals surface area contributed by atoms with E-state index in [4.69, 9.17) is 16.7 Å². The summed E-state index contributed by atoms with van der Waals surface area (Å²) >= 11 is 7.10. The van der Waals surface area contributed by atoms with Crippen molar-refractivity contribution in [3.8, 4) is 0 Å². The van der Waals surface area contributed by atoms with Gasteiger partial charge < -0.3 is 10.4 Å². The van der Waals surface area contributed by atoms with Crippen LogP contribution in [0.4, 0.5) is 5.69 Å². The lowest BCUT2D eigenvalue weighted by Crippen LogP contribution is -2.00. The van der Waals surface area contributed by atoms with Crippen molar-refractivity contribution in [1.82, 2.24) is 4.98 Å². The zero-order valence-corrected chi connectivity index (χ0v) is 10.3. The highest BCUT2D eigenvalue weighted by Crippen LogP contribution is 2.19. The van der Waals surface area contributed by atoms with Gasteiger partial charge in [0.15, 0.2) is 4.47 Å². The van der Waals surface area contributed by atoms with E-state index in [2.05, 4.69) is 10.3 Å². The van der Waals surface area contributed by atoms with Crippen molar-refractivity contribution in [2.24, 2.45) is 0 Å². The van der Waals surface area contributed by atoms with Gasteiger partial charge in [-0.15, -0.1) is 11.3 Å². The van der Waals surface area contributed by atoms with Crippen molar-refractivity contribution in [2.45, 2.75) is 6.54 Å². The highest BCUT2D eigenvalue weighted by Gasteiger charge is 2.03. The average Bonchev–Trinajstić information content (AvgIpc) is 2.73. The summed E-state index contributed by atoms with van der Waals surface area (Å²) in [6.45, 7) is 0.577. The third-order valence-electron chi connectivity index (χ3n) is 2.10. The van der Waals surface area contributed by atoms with Crippen LogP contribution in [-0.4, -0.2) is 16.1 Å². The number of aromatic carboxylic acids is 1. The average molecular weight is 269 g/mol. The molecule has 2 N–H and O–H groups in total. The molecule has 88 valence electrons. The number of halogens is 1.